The third-order valence-electron chi connectivity index (χ3n) is 3.29. The van der Waals surface area contributed by atoms with Crippen LogP contribution in [0.1, 0.15) is 16.7 Å². The van der Waals surface area contributed by atoms with Crippen LogP contribution in [0.25, 0.3) is 0 Å². The van der Waals surface area contributed by atoms with Gasteiger partial charge in [-0.15, -0.1) is 0 Å². The van der Waals surface area contributed by atoms with Crippen LogP contribution in [0.2, 0.25) is 0 Å². The number of aryl methyl sites for hydroxylation is 1. The molecule has 2 atom stereocenters. The Balaban J connectivity index is 2.09. The number of carbonyl (C=O) groups is 1. The summed E-state index contributed by atoms with van der Waals surface area (Å²) in [6, 6.07) is 17.0. The summed E-state index contributed by atoms with van der Waals surface area (Å²) >= 11 is 0. The second-order valence-corrected chi connectivity index (χ2v) is 6.65. The predicted molar refractivity (Wildman–Crippen MR) is 84.6 cm³/mol. The molecule has 0 bridgehead atoms. The van der Waals surface area contributed by atoms with Crippen molar-refractivity contribution in [2.75, 3.05) is 0 Å². The van der Waals surface area contributed by atoms with E-state index in [4.69, 9.17) is 0 Å². The molecule has 0 saturated heterocycles. The number of carboxylic acid groups (broad SMARTS) is 1. The van der Waals surface area contributed by atoms with E-state index in [1.165, 1.54) is 0 Å². The van der Waals surface area contributed by atoms with E-state index in [1.54, 1.807) is 0 Å². The molecule has 2 rings (SSSR count). The van der Waals surface area contributed by atoms with Gasteiger partial charge in [0.1, 0.15) is 5.25 Å². The molecule has 2 aromatic carbocycles. The van der Waals surface area contributed by atoms with Crippen LogP contribution in [0.3, 0.4) is 0 Å². The smallest absolute Gasteiger partial charge is 0.319 e. The average molecular weight is 302 g/mol. The van der Waals surface area contributed by atoms with Crippen LogP contribution < -0.4 is 0 Å². The lowest BCUT2D eigenvalue weighted by Crippen LogP contribution is -2.29. The monoisotopic (exact) mass is 302 g/mol. The van der Waals surface area contributed by atoms with Crippen LogP contribution in [-0.4, -0.2) is 20.5 Å². The van der Waals surface area contributed by atoms with Crippen LogP contribution in [0.5, 0.6) is 0 Å². The van der Waals surface area contributed by atoms with Gasteiger partial charge in [0.2, 0.25) is 0 Å². The molecule has 110 valence electrons. The van der Waals surface area contributed by atoms with Crippen molar-refractivity contribution in [2.45, 2.75) is 24.3 Å². The molecule has 4 heteroatoms. The van der Waals surface area contributed by atoms with E-state index in [2.05, 4.69) is 0 Å². The first kappa shape index (κ1) is 15.4. The minimum Gasteiger partial charge on any atom is -0.480 e. The van der Waals surface area contributed by atoms with E-state index in [0.717, 1.165) is 16.7 Å². The zero-order valence-electron chi connectivity index (χ0n) is 11.9. The summed E-state index contributed by atoms with van der Waals surface area (Å²) in [5.41, 5.74) is 2.92. The molecule has 0 radical (unpaired) electrons. The van der Waals surface area contributed by atoms with Gasteiger partial charge in [0.05, 0.1) is 0 Å². The summed E-state index contributed by atoms with van der Waals surface area (Å²) in [5.74, 6) is -0.742. The Hall–Kier alpha value is -1.94. The van der Waals surface area contributed by atoms with Crippen LogP contribution in [-0.2, 0) is 27.8 Å². The molecule has 0 aliphatic heterocycles. The lowest BCUT2D eigenvalue weighted by atomic mass is 10.1. The van der Waals surface area contributed by atoms with Gasteiger partial charge in [0, 0.05) is 16.6 Å². The minimum atomic E-state index is -1.45. The lowest BCUT2D eigenvalue weighted by molar-refractivity contribution is -0.136. The van der Waals surface area contributed by atoms with Gasteiger partial charge in [-0.05, 0) is 24.5 Å². The fraction of sp³-hybridized carbons (Fsp3) is 0.235. The quantitative estimate of drug-likeness (QED) is 0.892. The Kier molecular flexibility index (Phi) is 5.28. The molecule has 0 saturated carbocycles. The zero-order chi connectivity index (χ0) is 15.2. The highest BCUT2D eigenvalue weighted by Crippen LogP contribution is 2.13. The molecule has 0 aliphatic carbocycles. The first-order valence-electron chi connectivity index (χ1n) is 6.75. The maximum atomic E-state index is 12.4. The molecule has 0 aliphatic rings. The van der Waals surface area contributed by atoms with E-state index in [-0.39, 0.29) is 12.2 Å². The molecule has 0 aromatic heterocycles. The number of hydrogen-bond acceptors (Lipinski definition) is 2. The highest BCUT2D eigenvalue weighted by atomic mass is 32.2. The standard InChI is InChI=1S/C17H18O3S/c1-13-7-9-15(10-8-13)12-21(20)16(17(18)19)11-14-5-3-2-4-6-14/h2-10,16H,11-12H2,1H3,(H,18,19). The predicted octanol–water partition coefficient (Wildman–Crippen LogP) is 2.94. The first-order chi connectivity index (χ1) is 10.1. The highest BCUT2D eigenvalue weighted by Gasteiger charge is 2.25. The Morgan fingerprint density at radius 3 is 2.24 bits per heavy atom. The number of aliphatic carboxylic acids is 1. The summed E-state index contributed by atoms with van der Waals surface area (Å²) in [6.45, 7) is 1.98. The fourth-order valence-electron chi connectivity index (χ4n) is 2.07. The second-order valence-electron chi connectivity index (χ2n) is 5.03. The lowest BCUT2D eigenvalue weighted by Gasteiger charge is -2.12. The van der Waals surface area contributed by atoms with E-state index < -0.39 is 22.0 Å². The van der Waals surface area contributed by atoms with Crippen LogP contribution in [0, 0.1) is 6.92 Å². The van der Waals surface area contributed by atoms with Crippen molar-refractivity contribution >= 4 is 16.8 Å². The number of hydrogen-bond donors (Lipinski definition) is 1. The van der Waals surface area contributed by atoms with Crippen molar-refractivity contribution in [2.24, 2.45) is 0 Å². The summed E-state index contributed by atoms with van der Waals surface area (Å²) in [7, 11) is -1.45. The van der Waals surface area contributed by atoms with E-state index in [0.29, 0.717) is 0 Å². The van der Waals surface area contributed by atoms with E-state index in [1.807, 2.05) is 61.5 Å². The summed E-state index contributed by atoms with van der Waals surface area (Å²) in [5, 5.41) is 8.45. The van der Waals surface area contributed by atoms with Crippen molar-refractivity contribution in [1.29, 1.82) is 0 Å². The molecule has 2 unspecified atom stereocenters. The maximum Gasteiger partial charge on any atom is 0.319 e. The van der Waals surface area contributed by atoms with Crippen LogP contribution in [0.4, 0.5) is 0 Å². The summed E-state index contributed by atoms with van der Waals surface area (Å²) < 4.78 is 12.4. The molecule has 0 fully saturated rings. The van der Waals surface area contributed by atoms with Crippen LogP contribution >= 0.6 is 0 Å². The second kappa shape index (κ2) is 7.18. The Morgan fingerprint density at radius 1 is 1.05 bits per heavy atom. The minimum absolute atomic E-state index is 0.268. The molecule has 0 heterocycles. The van der Waals surface area contributed by atoms with Crippen molar-refractivity contribution < 1.29 is 14.1 Å². The molecule has 3 nitrogen and oxygen atoms in total. The fourth-order valence-corrected chi connectivity index (χ4v) is 3.40. The first-order valence-corrected chi connectivity index (χ1v) is 8.14. The Labute approximate surface area is 127 Å². The molecule has 0 spiro atoms. The van der Waals surface area contributed by atoms with Gasteiger partial charge in [-0.2, -0.15) is 0 Å². The number of benzene rings is 2. The van der Waals surface area contributed by atoms with Crippen molar-refractivity contribution in [3.63, 3.8) is 0 Å². The van der Waals surface area contributed by atoms with Gasteiger partial charge >= 0.3 is 5.97 Å². The average Bonchev–Trinajstić information content (AvgIpc) is 2.48. The van der Waals surface area contributed by atoms with Gasteiger partial charge in [0.25, 0.3) is 0 Å². The van der Waals surface area contributed by atoms with Crippen LogP contribution in [0.15, 0.2) is 54.6 Å². The Morgan fingerprint density at radius 2 is 1.67 bits per heavy atom. The zero-order valence-corrected chi connectivity index (χ0v) is 12.7. The summed E-state index contributed by atoms with van der Waals surface area (Å²) in [4.78, 5) is 11.4. The molecule has 2 aromatic rings. The van der Waals surface area contributed by atoms with E-state index >= 15 is 0 Å². The topological polar surface area (TPSA) is 54.4 Å². The normalized spacial score (nSPS) is 13.6. The molecule has 21 heavy (non-hydrogen) atoms. The molecule has 1 N–H and O–H groups in total. The highest BCUT2D eigenvalue weighted by molar-refractivity contribution is 7.85. The number of carboxylic acids is 1. The van der Waals surface area contributed by atoms with E-state index in [9.17, 15) is 14.1 Å². The van der Waals surface area contributed by atoms with Gasteiger partial charge in [-0.1, -0.05) is 60.2 Å². The Bertz CT molecular complexity index is 620. The molecular weight excluding hydrogens is 284 g/mol. The van der Waals surface area contributed by atoms with Crippen molar-refractivity contribution in [3.8, 4) is 0 Å². The third kappa shape index (κ3) is 4.53. The number of rotatable bonds is 6. The van der Waals surface area contributed by atoms with Gasteiger partial charge in [0.15, 0.2) is 0 Å². The largest absolute Gasteiger partial charge is 0.480 e. The SMILES string of the molecule is Cc1ccc(CS(=O)C(Cc2ccccc2)C(=O)O)cc1. The van der Waals surface area contributed by atoms with Crippen molar-refractivity contribution in [1.82, 2.24) is 0 Å². The molecular formula is C17H18O3S. The maximum absolute atomic E-state index is 12.4. The van der Waals surface area contributed by atoms with Gasteiger partial charge in [-0.25, -0.2) is 0 Å². The summed E-state index contributed by atoms with van der Waals surface area (Å²) in [6.07, 6.45) is 0.286. The van der Waals surface area contributed by atoms with Gasteiger partial charge in [-0.3, -0.25) is 9.00 Å². The third-order valence-corrected chi connectivity index (χ3v) is 4.91. The van der Waals surface area contributed by atoms with Crippen molar-refractivity contribution in [3.05, 3.63) is 71.3 Å². The molecule has 0 amide bonds. The van der Waals surface area contributed by atoms with Gasteiger partial charge < -0.3 is 5.11 Å².